The highest BCUT2D eigenvalue weighted by Crippen LogP contribution is 2.32. The summed E-state index contributed by atoms with van der Waals surface area (Å²) in [5, 5.41) is 2.55. The molecule has 5 nitrogen and oxygen atoms in total. The van der Waals surface area contributed by atoms with Crippen LogP contribution in [0.1, 0.15) is 20.8 Å². The van der Waals surface area contributed by atoms with E-state index in [2.05, 4.69) is 5.32 Å². The van der Waals surface area contributed by atoms with Crippen LogP contribution in [0.3, 0.4) is 0 Å². The Bertz CT molecular complexity index is 856. The Morgan fingerprint density at radius 1 is 0.926 bits per heavy atom. The van der Waals surface area contributed by atoms with Crippen molar-refractivity contribution in [1.82, 2.24) is 0 Å². The van der Waals surface area contributed by atoms with Gasteiger partial charge in [0.15, 0.2) is 0 Å². The van der Waals surface area contributed by atoms with Gasteiger partial charge in [-0.15, -0.1) is 23.5 Å². The summed E-state index contributed by atoms with van der Waals surface area (Å²) in [7, 11) is -3.65. The number of amides is 1. The number of hydrogen-bond donors (Lipinski definition) is 1. The minimum Gasteiger partial charge on any atom is -0.450 e. The lowest BCUT2D eigenvalue weighted by molar-refractivity contribution is 0.168. The molecule has 146 valence electrons. The van der Waals surface area contributed by atoms with Gasteiger partial charge in [-0.3, -0.25) is 5.32 Å². The summed E-state index contributed by atoms with van der Waals surface area (Å²) in [6.45, 7) is 6.05. The normalized spacial score (nSPS) is 11.2. The first-order valence-electron chi connectivity index (χ1n) is 8.60. The molecule has 0 aliphatic rings. The van der Waals surface area contributed by atoms with Gasteiger partial charge in [-0.25, -0.2) is 13.2 Å². The highest BCUT2D eigenvalue weighted by Gasteiger charge is 2.19. The first-order valence-corrected chi connectivity index (χ1v) is 12.1. The van der Waals surface area contributed by atoms with Crippen LogP contribution in [-0.2, 0) is 14.6 Å². The van der Waals surface area contributed by atoms with E-state index in [1.807, 2.05) is 19.9 Å². The van der Waals surface area contributed by atoms with E-state index in [-0.39, 0.29) is 16.4 Å². The molecular weight excluding hydrogens is 402 g/mol. The van der Waals surface area contributed by atoms with Crippen molar-refractivity contribution >= 4 is 45.1 Å². The van der Waals surface area contributed by atoms with Crippen LogP contribution in [-0.4, -0.2) is 32.6 Å². The topological polar surface area (TPSA) is 72.5 Å². The minimum atomic E-state index is -3.65. The van der Waals surface area contributed by atoms with Crippen LogP contribution >= 0.6 is 23.5 Å². The van der Waals surface area contributed by atoms with Crippen LogP contribution in [0.2, 0.25) is 0 Å². The number of benzene rings is 2. The summed E-state index contributed by atoms with van der Waals surface area (Å²) >= 11 is 3.23. The largest absolute Gasteiger partial charge is 0.450 e. The Balaban J connectivity index is 2.33. The van der Waals surface area contributed by atoms with Gasteiger partial charge in [0.25, 0.3) is 0 Å². The molecule has 0 radical (unpaired) electrons. The van der Waals surface area contributed by atoms with Gasteiger partial charge < -0.3 is 4.74 Å². The Labute approximate surface area is 169 Å². The molecule has 0 aliphatic heterocycles. The number of carbonyl (C=O) groups is 1. The predicted octanol–water partition coefficient (Wildman–Crippen LogP) is 5.31. The molecule has 2 rings (SSSR count). The number of thioether (sulfide) groups is 2. The standard InChI is InChI=1S/C19H23NO4S3/c1-4-24-19(21)20-14-7-9-17(10-8-14)27(22,23)18-12-15(25-5-2)11-16(13-18)26-6-3/h7-13H,4-6H2,1-3H3,(H,20,21). The zero-order valence-corrected chi connectivity index (χ0v) is 18.0. The number of carbonyl (C=O) groups excluding carboxylic acids is 1. The van der Waals surface area contributed by atoms with E-state index in [9.17, 15) is 13.2 Å². The predicted molar refractivity (Wildman–Crippen MR) is 112 cm³/mol. The van der Waals surface area contributed by atoms with E-state index >= 15 is 0 Å². The Morgan fingerprint density at radius 3 is 1.96 bits per heavy atom. The summed E-state index contributed by atoms with van der Waals surface area (Å²) in [5.74, 6) is 1.74. The van der Waals surface area contributed by atoms with Crippen LogP contribution < -0.4 is 5.32 Å². The average molecular weight is 426 g/mol. The molecular formula is C19H23NO4S3. The lowest BCUT2D eigenvalue weighted by Gasteiger charge is -2.11. The zero-order chi connectivity index (χ0) is 19.9. The summed E-state index contributed by atoms with van der Waals surface area (Å²) in [6.07, 6.45) is -0.571. The Kier molecular flexibility index (Phi) is 8.07. The molecule has 0 unspecified atom stereocenters. The quantitative estimate of drug-likeness (QED) is 0.578. The smallest absolute Gasteiger partial charge is 0.411 e. The van der Waals surface area contributed by atoms with Gasteiger partial charge in [-0.1, -0.05) is 13.8 Å². The second kappa shape index (κ2) is 10.1. The first kappa shape index (κ1) is 21.7. The van der Waals surface area contributed by atoms with Gasteiger partial charge in [0, 0.05) is 15.5 Å². The fourth-order valence-corrected chi connectivity index (χ4v) is 5.40. The second-order valence-electron chi connectivity index (χ2n) is 5.38. The van der Waals surface area contributed by atoms with Crippen molar-refractivity contribution in [2.45, 2.75) is 40.4 Å². The number of anilines is 1. The molecule has 8 heteroatoms. The molecule has 0 bridgehead atoms. The maximum atomic E-state index is 13.1. The van der Waals surface area contributed by atoms with Crippen molar-refractivity contribution < 1.29 is 17.9 Å². The van der Waals surface area contributed by atoms with Crippen molar-refractivity contribution in [3.63, 3.8) is 0 Å². The minimum absolute atomic E-state index is 0.183. The SMILES string of the molecule is CCOC(=O)Nc1ccc(S(=O)(=O)c2cc(SCC)cc(SCC)c2)cc1. The molecule has 0 fully saturated rings. The van der Waals surface area contributed by atoms with Crippen LogP contribution in [0, 0.1) is 0 Å². The van der Waals surface area contributed by atoms with Crippen LogP contribution in [0.5, 0.6) is 0 Å². The van der Waals surface area contributed by atoms with Crippen LogP contribution in [0.25, 0.3) is 0 Å². The summed E-state index contributed by atoms with van der Waals surface area (Å²) in [4.78, 5) is 13.8. The van der Waals surface area contributed by atoms with Gasteiger partial charge >= 0.3 is 6.09 Å². The number of hydrogen-bond acceptors (Lipinski definition) is 6. The van der Waals surface area contributed by atoms with Gasteiger partial charge in [0.05, 0.1) is 16.4 Å². The van der Waals surface area contributed by atoms with Gasteiger partial charge in [0.2, 0.25) is 9.84 Å². The highest BCUT2D eigenvalue weighted by molar-refractivity contribution is 8.00. The summed E-state index contributed by atoms with van der Waals surface area (Å²) < 4.78 is 30.9. The maximum Gasteiger partial charge on any atom is 0.411 e. The molecule has 2 aromatic carbocycles. The summed E-state index contributed by atoms with van der Waals surface area (Å²) in [6, 6.07) is 11.5. The number of sulfone groups is 1. The molecule has 0 aromatic heterocycles. The molecule has 1 amide bonds. The zero-order valence-electron chi connectivity index (χ0n) is 15.5. The van der Waals surface area contributed by atoms with Gasteiger partial charge in [-0.05, 0) is 60.9 Å². The van der Waals surface area contributed by atoms with Crippen molar-refractivity contribution in [1.29, 1.82) is 0 Å². The van der Waals surface area contributed by atoms with E-state index in [0.717, 1.165) is 21.3 Å². The lowest BCUT2D eigenvalue weighted by atomic mass is 10.3. The monoisotopic (exact) mass is 425 g/mol. The van der Waals surface area contributed by atoms with Crippen molar-refractivity contribution in [3.05, 3.63) is 42.5 Å². The lowest BCUT2D eigenvalue weighted by Crippen LogP contribution is -2.13. The van der Waals surface area contributed by atoms with E-state index < -0.39 is 15.9 Å². The second-order valence-corrected chi connectivity index (χ2v) is 10.0. The van der Waals surface area contributed by atoms with Crippen molar-refractivity contribution in [3.8, 4) is 0 Å². The molecule has 0 aliphatic carbocycles. The Morgan fingerprint density at radius 2 is 1.48 bits per heavy atom. The average Bonchev–Trinajstić information content (AvgIpc) is 2.63. The van der Waals surface area contributed by atoms with E-state index in [1.165, 1.54) is 12.1 Å². The fourth-order valence-electron chi connectivity index (χ4n) is 2.34. The number of rotatable bonds is 8. The van der Waals surface area contributed by atoms with E-state index in [4.69, 9.17) is 4.74 Å². The molecule has 0 atom stereocenters. The van der Waals surface area contributed by atoms with Crippen LogP contribution in [0.4, 0.5) is 10.5 Å². The third-order valence-electron chi connectivity index (χ3n) is 3.47. The van der Waals surface area contributed by atoms with Crippen molar-refractivity contribution in [2.75, 3.05) is 23.4 Å². The third-order valence-corrected chi connectivity index (χ3v) is 6.94. The molecule has 0 saturated carbocycles. The molecule has 0 saturated heterocycles. The first-order chi connectivity index (χ1) is 12.9. The molecule has 0 spiro atoms. The highest BCUT2D eigenvalue weighted by atomic mass is 32.2. The van der Waals surface area contributed by atoms with E-state index in [0.29, 0.717) is 5.69 Å². The molecule has 27 heavy (non-hydrogen) atoms. The summed E-state index contributed by atoms with van der Waals surface area (Å²) in [5.41, 5.74) is 0.477. The van der Waals surface area contributed by atoms with Crippen molar-refractivity contribution in [2.24, 2.45) is 0 Å². The molecule has 0 heterocycles. The number of nitrogens with one attached hydrogen (secondary N) is 1. The fraction of sp³-hybridized carbons (Fsp3) is 0.316. The molecule has 1 N–H and O–H groups in total. The maximum absolute atomic E-state index is 13.1. The van der Waals surface area contributed by atoms with Gasteiger partial charge in [0.1, 0.15) is 0 Å². The van der Waals surface area contributed by atoms with Gasteiger partial charge in [-0.2, -0.15) is 0 Å². The number of ether oxygens (including phenoxy) is 1. The Hall–Kier alpha value is -1.64. The van der Waals surface area contributed by atoms with E-state index in [1.54, 1.807) is 54.7 Å². The third kappa shape index (κ3) is 5.92. The molecule has 2 aromatic rings. The van der Waals surface area contributed by atoms with Crippen LogP contribution in [0.15, 0.2) is 62.0 Å².